The van der Waals surface area contributed by atoms with Gasteiger partial charge in [-0.05, 0) is 24.0 Å². The second-order valence-electron chi connectivity index (χ2n) is 16.0. The first-order valence-electron chi connectivity index (χ1n) is 20.8. The van der Waals surface area contributed by atoms with Crippen molar-refractivity contribution in [3.63, 3.8) is 0 Å². The number of rotatable bonds is 21. The highest BCUT2D eigenvalue weighted by molar-refractivity contribution is 5.94. The van der Waals surface area contributed by atoms with E-state index in [2.05, 4.69) is 24.5 Å². The van der Waals surface area contributed by atoms with Crippen LogP contribution in [-0.4, -0.2) is 148 Å². The lowest BCUT2D eigenvalue weighted by Crippen LogP contribution is -2.69. The van der Waals surface area contributed by atoms with Gasteiger partial charge in [-0.15, -0.1) is 0 Å². The first-order chi connectivity index (χ1) is 28.0. The highest BCUT2D eigenvalue weighted by atomic mass is 16.8. The maximum atomic E-state index is 14.5. The van der Waals surface area contributed by atoms with Crippen molar-refractivity contribution in [2.75, 3.05) is 32.9 Å². The minimum atomic E-state index is -1.55. The van der Waals surface area contributed by atoms with E-state index < -0.39 is 90.8 Å². The molecular formula is C41H61N3O14. The number of hydrogen-bond acceptors (Lipinski definition) is 15. The number of fused-ring (bicyclic) bond motifs is 4. The molecule has 1 aromatic carbocycles. The third-order valence-electron chi connectivity index (χ3n) is 11.9. The molecule has 4 saturated heterocycles. The zero-order valence-electron chi connectivity index (χ0n) is 33.4. The molecule has 58 heavy (non-hydrogen) atoms. The molecule has 0 radical (unpaired) electrons. The van der Waals surface area contributed by atoms with Gasteiger partial charge in [0.2, 0.25) is 11.8 Å². The SMILES string of the molecule is CCCCCC1(CCCCC)O[C@@H]2[C@H](O1)[C@H]1ON(Cc3cccc(C=CCO[C@H]4O[C@H](CO)[C@H](O)[C@H](O)[C@H]4O)c3)[C@@H]3C(=O)O[C@@H]2C[C@]13C(=O)NCCC(=O)NCCO. The second-order valence-corrected chi connectivity index (χ2v) is 16.0. The molecule has 0 aromatic heterocycles. The number of aliphatic hydroxyl groups is 5. The van der Waals surface area contributed by atoms with E-state index in [4.69, 9.17) is 33.6 Å². The lowest BCUT2D eigenvalue weighted by atomic mass is 9.62. The van der Waals surface area contributed by atoms with Crippen LogP contribution in [0.4, 0.5) is 0 Å². The van der Waals surface area contributed by atoms with Crippen molar-refractivity contribution in [1.82, 2.24) is 15.7 Å². The smallest absolute Gasteiger partial charge is 0.327 e. The van der Waals surface area contributed by atoms with Crippen LogP contribution >= 0.6 is 0 Å². The average Bonchev–Trinajstić information content (AvgIpc) is 3.77. The summed E-state index contributed by atoms with van der Waals surface area (Å²) < 4.78 is 30.9. The van der Waals surface area contributed by atoms with Gasteiger partial charge in [0.25, 0.3) is 0 Å². The summed E-state index contributed by atoms with van der Waals surface area (Å²) in [7, 11) is 0. The van der Waals surface area contributed by atoms with Gasteiger partial charge in [0.05, 0.1) is 26.4 Å². The minimum Gasteiger partial charge on any atom is -0.458 e. The van der Waals surface area contributed by atoms with Crippen molar-refractivity contribution in [2.24, 2.45) is 5.41 Å². The Morgan fingerprint density at radius 1 is 0.966 bits per heavy atom. The summed E-state index contributed by atoms with van der Waals surface area (Å²) in [6.45, 7) is 3.70. The molecule has 5 fully saturated rings. The fourth-order valence-corrected chi connectivity index (χ4v) is 8.95. The van der Waals surface area contributed by atoms with Crippen molar-refractivity contribution in [1.29, 1.82) is 0 Å². The number of unbranched alkanes of at least 4 members (excludes halogenated alkanes) is 4. The van der Waals surface area contributed by atoms with E-state index in [1.54, 1.807) is 12.2 Å². The molecule has 2 bridgehead atoms. The molecule has 5 aliphatic rings. The third-order valence-corrected chi connectivity index (χ3v) is 11.9. The van der Waals surface area contributed by atoms with Gasteiger partial charge in [-0.25, -0.2) is 0 Å². The van der Waals surface area contributed by atoms with E-state index in [-0.39, 0.29) is 51.6 Å². The number of nitrogens with zero attached hydrogens (tertiary/aromatic N) is 1. The Balaban J connectivity index is 1.21. The van der Waals surface area contributed by atoms with Crippen LogP contribution < -0.4 is 10.6 Å². The van der Waals surface area contributed by atoms with Gasteiger partial charge in [0.1, 0.15) is 54.2 Å². The zero-order chi connectivity index (χ0) is 41.5. The lowest BCUT2D eigenvalue weighted by Gasteiger charge is -2.48. The summed E-state index contributed by atoms with van der Waals surface area (Å²) in [5.74, 6) is -2.28. The predicted octanol–water partition coefficient (Wildman–Crippen LogP) is 0.572. The molecule has 4 heterocycles. The van der Waals surface area contributed by atoms with Crippen LogP contribution in [0, 0.1) is 5.41 Å². The van der Waals surface area contributed by atoms with Crippen LogP contribution in [0.25, 0.3) is 6.08 Å². The summed E-state index contributed by atoms with van der Waals surface area (Å²) in [6, 6.07) is 6.32. The van der Waals surface area contributed by atoms with Gasteiger partial charge in [-0.3, -0.25) is 19.2 Å². The Labute approximate surface area is 338 Å². The standard InChI is InChI=1S/C41H61N3O14/c1-3-5-7-15-40(16-8-6-4-2)56-33-27-22-41(39(52)43-17-14-29(47)42-18-19-45)35(37(51)54-27)44(58-36(41)34(33)57-40)23-26-12-9-11-25(21-26)13-10-20-53-38-32(50)31(49)30(48)28(24-46)55-38/h9-13,21,27-28,30-36,38,45-46,48-50H,3-8,14-20,22-24H2,1-2H3,(H,42,47)(H,43,52)/t27-,28-,30+,31+,32-,33+,34+,35-,36-,38+,41-/m1/s1. The van der Waals surface area contributed by atoms with E-state index in [0.29, 0.717) is 12.8 Å². The number of ether oxygens (including phenoxy) is 5. The maximum absolute atomic E-state index is 14.5. The largest absolute Gasteiger partial charge is 0.458 e. The topological polar surface area (TPSA) is 235 Å². The van der Waals surface area contributed by atoms with Crippen LogP contribution in [-0.2, 0) is 49.5 Å². The Bertz CT molecular complexity index is 1570. The van der Waals surface area contributed by atoms with Crippen LogP contribution in [0.1, 0.15) is 89.2 Å². The van der Waals surface area contributed by atoms with Crippen molar-refractivity contribution in [2.45, 2.75) is 152 Å². The fourth-order valence-electron chi connectivity index (χ4n) is 8.95. The molecule has 7 N–H and O–H groups in total. The van der Waals surface area contributed by atoms with Gasteiger partial charge in [-0.2, -0.15) is 5.06 Å². The Morgan fingerprint density at radius 3 is 2.41 bits per heavy atom. The third kappa shape index (κ3) is 9.45. The van der Waals surface area contributed by atoms with Crippen molar-refractivity contribution >= 4 is 23.9 Å². The Kier molecular flexibility index (Phi) is 15.3. The fraction of sp³-hybridized carbons (Fsp3) is 0.732. The normalized spacial score (nSPS) is 33.9. The van der Waals surface area contributed by atoms with Crippen LogP contribution in [0.2, 0.25) is 0 Å². The first-order valence-corrected chi connectivity index (χ1v) is 20.8. The Morgan fingerprint density at radius 2 is 1.71 bits per heavy atom. The number of nitrogens with one attached hydrogen (secondary N) is 2. The van der Waals surface area contributed by atoms with E-state index in [0.717, 1.165) is 49.7 Å². The van der Waals surface area contributed by atoms with Crippen LogP contribution in [0.5, 0.6) is 0 Å². The van der Waals surface area contributed by atoms with Gasteiger partial charge < -0.3 is 59.9 Å². The first kappa shape index (κ1) is 44.5. The molecular weight excluding hydrogens is 758 g/mol. The van der Waals surface area contributed by atoms with E-state index in [9.17, 15) is 34.8 Å². The molecule has 1 saturated carbocycles. The summed E-state index contributed by atoms with van der Waals surface area (Å²) in [6.07, 6.45) is 0.842. The van der Waals surface area contributed by atoms with E-state index in [1.165, 1.54) is 5.06 Å². The molecule has 0 spiro atoms. The number of carbonyl (C=O) groups excluding carboxylic acids is 3. The molecule has 324 valence electrons. The summed E-state index contributed by atoms with van der Waals surface area (Å²) in [4.78, 5) is 47.7. The number of carbonyl (C=O) groups is 3. The molecule has 2 amide bonds. The summed E-state index contributed by atoms with van der Waals surface area (Å²) in [5.41, 5.74) is 0.116. The van der Waals surface area contributed by atoms with Gasteiger partial charge in [0, 0.05) is 38.8 Å². The number of benzene rings is 1. The number of hydroxylamine groups is 2. The quantitative estimate of drug-likeness (QED) is 0.0664. The molecule has 1 aliphatic carbocycles. The monoisotopic (exact) mass is 819 g/mol. The molecule has 1 aromatic rings. The minimum absolute atomic E-state index is 0.00883. The zero-order valence-corrected chi connectivity index (χ0v) is 33.4. The van der Waals surface area contributed by atoms with Crippen molar-refractivity contribution < 1.29 is 68.4 Å². The number of hydrogen-bond donors (Lipinski definition) is 7. The summed E-state index contributed by atoms with van der Waals surface area (Å²) >= 11 is 0. The highest BCUT2D eigenvalue weighted by Gasteiger charge is 2.76. The van der Waals surface area contributed by atoms with Gasteiger partial charge in [0.15, 0.2) is 18.1 Å². The van der Waals surface area contributed by atoms with E-state index in [1.807, 2.05) is 24.3 Å². The van der Waals surface area contributed by atoms with Gasteiger partial charge in [-0.1, -0.05) is 75.9 Å². The maximum Gasteiger partial charge on any atom is 0.327 e. The number of esters is 1. The van der Waals surface area contributed by atoms with Crippen LogP contribution in [0.15, 0.2) is 30.3 Å². The van der Waals surface area contributed by atoms with Crippen molar-refractivity contribution in [3.05, 3.63) is 41.5 Å². The number of amides is 2. The number of aliphatic hydroxyl groups excluding tert-OH is 5. The lowest BCUT2D eigenvalue weighted by molar-refractivity contribution is -0.298. The average molecular weight is 820 g/mol. The second kappa shape index (κ2) is 20.0. The highest BCUT2D eigenvalue weighted by Crippen LogP contribution is 2.58. The molecule has 17 nitrogen and oxygen atoms in total. The molecule has 17 heteroatoms. The van der Waals surface area contributed by atoms with Crippen LogP contribution in [0.3, 0.4) is 0 Å². The molecule has 0 unspecified atom stereocenters. The summed E-state index contributed by atoms with van der Waals surface area (Å²) in [5, 5.41) is 55.9. The van der Waals surface area contributed by atoms with Crippen molar-refractivity contribution in [3.8, 4) is 0 Å². The molecule has 11 atom stereocenters. The molecule has 4 aliphatic heterocycles. The van der Waals surface area contributed by atoms with E-state index >= 15 is 0 Å². The predicted molar refractivity (Wildman–Crippen MR) is 205 cm³/mol. The Hall–Kier alpha value is -3.07. The van der Waals surface area contributed by atoms with Gasteiger partial charge >= 0.3 is 5.97 Å². The molecule has 6 rings (SSSR count).